The first-order chi connectivity index (χ1) is 29.9. The normalized spacial score (nSPS) is 12.4. The van der Waals surface area contributed by atoms with E-state index < -0.39 is 13.9 Å². The molecule has 8 heteroatoms. The Morgan fingerprint density at radius 2 is 0.623 bits per heavy atom. The van der Waals surface area contributed by atoms with E-state index in [1.165, 1.54) is 257 Å². The second kappa shape index (κ2) is 50.5. The third-order valence-electron chi connectivity index (χ3n) is 12.7. The van der Waals surface area contributed by atoms with Gasteiger partial charge in [0.05, 0.1) is 13.2 Å². The van der Waals surface area contributed by atoms with Crippen LogP contribution in [0.1, 0.15) is 309 Å². The zero-order valence-electron chi connectivity index (χ0n) is 41.1. The Bertz CT molecular complexity index is 896. The van der Waals surface area contributed by atoms with Crippen molar-refractivity contribution in [2.75, 3.05) is 19.8 Å². The highest BCUT2D eigenvalue weighted by atomic mass is 31.2. The number of ether oxygens (including phenoxy) is 2. The van der Waals surface area contributed by atoms with Crippen molar-refractivity contribution in [3.8, 4) is 0 Å². The summed E-state index contributed by atoms with van der Waals surface area (Å²) in [5.41, 5.74) is 0. The van der Waals surface area contributed by atoms with Gasteiger partial charge in [0.25, 0.3) is 0 Å². The van der Waals surface area contributed by atoms with Crippen molar-refractivity contribution in [3.05, 3.63) is 0 Å². The van der Waals surface area contributed by atoms with E-state index in [1.807, 2.05) is 0 Å². The summed E-state index contributed by atoms with van der Waals surface area (Å²) >= 11 is 0. The molecule has 0 fully saturated rings. The molecule has 0 bridgehead atoms. The monoisotopic (exact) mass is 887 g/mol. The summed E-state index contributed by atoms with van der Waals surface area (Å²) in [6.07, 6.45) is 59.9. The van der Waals surface area contributed by atoms with Gasteiger partial charge in [0, 0.05) is 13.0 Å². The lowest BCUT2D eigenvalue weighted by Crippen LogP contribution is -2.28. The number of phosphoric ester groups is 1. The molecule has 0 heterocycles. The van der Waals surface area contributed by atoms with E-state index in [9.17, 15) is 9.36 Å². The Morgan fingerprint density at radius 1 is 0.377 bits per heavy atom. The maximum atomic E-state index is 12.5. The van der Waals surface area contributed by atoms with Gasteiger partial charge < -0.3 is 19.3 Å². The van der Waals surface area contributed by atoms with Crippen molar-refractivity contribution in [3.63, 3.8) is 0 Å². The molecule has 0 aliphatic carbocycles. The Balaban J connectivity index is 3.62. The summed E-state index contributed by atoms with van der Waals surface area (Å²) in [5, 5.41) is 0. The molecule has 0 aromatic rings. The summed E-state index contributed by atoms with van der Waals surface area (Å²) < 4.78 is 27.2. The molecule has 0 aromatic carbocycles. The average molecular weight is 887 g/mol. The van der Waals surface area contributed by atoms with Gasteiger partial charge in [-0.25, -0.2) is 4.57 Å². The van der Waals surface area contributed by atoms with Gasteiger partial charge in [-0.05, 0) is 12.8 Å². The second-order valence-corrected chi connectivity index (χ2v) is 20.2. The molecule has 0 aliphatic heterocycles. The van der Waals surface area contributed by atoms with E-state index in [-0.39, 0.29) is 19.2 Å². The van der Waals surface area contributed by atoms with Gasteiger partial charge in [-0.15, -0.1) is 0 Å². The second-order valence-electron chi connectivity index (χ2n) is 18.9. The predicted octanol–water partition coefficient (Wildman–Crippen LogP) is 18.0. The Morgan fingerprint density at radius 3 is 0.885 bits per heavy atom. The molecular formula is C53H107O7P. The van der Waals surface area contributed by atoms with Crippen molar-refractivity contribution in [1.82, 2.24) is 0 Å². The van der Waals surface area contributed by atoms with Gasteiger partial charge in [-0.2, -0.15) is 0 Å². The summed E-state index contributed by atoms with van der Waals surface area (Å²) in [6.45, 7) is 4.84. The predicted molar refractivity (Wildman–Crippen MR) is 262 cm³/mol. The summed E-state index contributed by atoms with van der Waals surface area (Å²) in [4.78, 5) is 30.8. The van der Waals surface area contributed by atoms with Crippen LogP contribution < -0.4 is 0 Å². The lowest BCUT2D eigenvalue weighted by atomic mass is 10.0. The molecule has 0 saturated heterocycles. The highest BCUT2D eigenvalue weighted by Crippen LogP contribution is 2.36. The van der Waals surface area contributed by atoms with E-state index in [0.717, 1.165) is 32.1 Å². The number of esters is 1. The molecule has 0 spiro atoms. The minimum atomic E-state index is -4.65. The van der Waals surface area contributed by atoms with Crippen LogP contribution in [0, 0.1) is 0 Å². The zero-order chi connectivity index (χ0) is 44.4. The summed E-state index contributed by atoms with van der Waals surface area (Å²) in [6, 6.07) is 0. The van der Waals surface area contributed by atoms with Crippen LogP contribution in [0.15, 0.2) is 0 Å². The maximum Gasteiger partial charge on any atom is 0.469 e. The molecule has 0 amide bonds. The van der Waals surface area contributed by atoms with E-state index in [4.69, 9.17) is 19.3 Å². The molecule has 366 valence electrons. The molecule has 0 unspecified atom stereocenters. The molecule has 0 saturated carbocycles. The molecule has 2 N–H and O–H groups in total. The summed E-state index contributed by atoms with van der Waals surface area (Å²) in [7, 11) is -4.65. The fourth-order valence-corrected chi connectivity index (χ4v) is 8.98. The molecular weight excluding hydrogens is 780 g/mol. The average Bonchev–Trinajstić information content (AvgIpc) is 3.24. The fraction of sp³-hybridized carbons (Fsp3) is 0.981. The van der Waals surface area contributed by atoms with Crippen LogP contribution in [-0.4, -0.2) is 41.7 Å². The lowest BCUT2D eigenvalue weighted by Gasteiger charge is -2.18. The van der Waals surface area contributed by atoms with Crippen LogP contribution in [0.4, 0.5) is 0 Å². The molecule has 7 nitrogen and oxygen atoms in total. The van der Waals surface area contributed by atoms with E-state index in [0.29, 0.717) is 13.0 Å². The Labute approximate surface area is 380 Å². The van der Waals surface area contributed by atoms with Crippen LogP contribution in [-0.2, 0) is 23.4 Å². The van der Waals surface area contributed by atoms with E-state index in [1.54, 1.807) is 0 Å². The number of unbranched alkanes of at least 4 members (excludes halogenated alkanes) is 43. The molecule has 61 heavy (non-hydrogen) atoms. The van der Waals surface area contributed by atoms with Gasteiger partial charge in [-0.3, -0.25) is 9.32 Å². The van der Waals surface area contributed by atoms with Crippen LogP contribution >= 0.6 is 7.82 Å². The smallest absolute Gasteiger partial charge is 0.457 e. The summed E-state index contributed by atoms with van der Waals surface area (Å²) in [5.74, 6) is -0.351. The van der Waals surface area contributed by atoms with Gasteiger partial charge in [0.2, 0.25) is 0 Å². The van der Waals surface area contributed by atoms with Crippen LogP contribution in [0.3, 0.4) is 0 Å². The van der Waals surface area contributed by atoms with Crippen molar-refractivity contribution >= 4 is 13.8 Å². The quantitative estimate of drug-likeness (QED) is 0.0356. The topological polar surface area (TPSA) is 102 Å². The van der Waals surface area contributed by atoms with Crippen molar-refractivity contribution in [2.24, 2.45) is 0 Å². The standard InChI is InChI=1S/C53H107O7P/c1-3-5-7-9-11-13-15-17-19-21-23-25-26-27-28-29-30-32-34-36-38-40-42-44-46-48-53(54)60-52(51-59-61(55,56)57)50-58-49-47-45-43-41-39-37-35-33-31-24-22-20-18-16-14-12-10-8-6-4-2/h52H,3-51H2,1-2H3,(H2,55,56,57)/t52-/m1/s1. The lowest BCUT2D eigenvalue weighted by molar-refractivity contribution is -0.154. The number of carbonyl (C=O) groups excluding carboxylic acids is 1. The van der Waals surface area contributed by atoms with Crippen molar-refractivity contribution in [1.29, 1.82) is 0 Å². The van der Waals surface area contributed by atoms with Crippen LogP contribution in [0.2, 0.25) is 0 Å². The molecule has 0 aromatic heterocycles. The van der Waals surface area contributed by atoms with Crippen LogP contribution in [0.5, 0.6) is 0 Å². The van der Waals surface area contributed by atoms with Crippen LogP contribution in [0.25, 0.3) is 0 Å². The fourth-order valence-electron chi connectivity index (χ4n) is 8.62. The number of hydrogen-bond donors (Lipinski definition) is 2. The minimum Gasteiger partial charge on any atom is -0.457 e. The highest BCUT2D eigenvalue weighted by Gasteiger charge is 2.21. The van der Waals surface area contributed by atoms with E-state index >= 15 is 0 Å². The largest absolute Gasteiger partial charge is 0.469 e. The van der Waals surface area contributed by atoms with Gasteiger partial charge in [0.15, 0.2) is 0 Å². The number of phosphoric acid groups is 1. The molecule has 0 rings (SSSR count). The Hall–Kier alpha value is -0.460. The van der Waals surface area contributed by atoms with Gasteiger partial charge in [0.1, 0.15) is 6.10 Å². The van der Waals surface area contributed by atoms with Gasteiger partial charge >= 0.3 is 13.8 Å². The highest BCUT2D eigenvalue weighted by molar-refractivity contribution is 7.46. The first-order valence-electron chi connectivity index (χ1n) is 27.4. The first kappa shape index (κ1) is 60.5. The van der Waals surface area contributed by atoms with Gasteiger partial charge in [-0.1, -0.05) is 290 Å². The minimum absolute atomic E-state index is 0.0876. The molecule has 1 atom stereocenters. The first-order valence-corrected chi connectivity index (χ1v) is 28.9. The number of hydrogen-bond acceptors (Lipinski definition) is 5. The number of carbonyl (C=O) groups is 1. The molecule has 0 radical (unpaired) electrons. The zero-order valence-corrected chi connectivity index (χ0v) is 42.0. The third-order valence-corrected chi connectivity index (χ3v) is 13.1. The van der Waals surface area contributed by atoms with Crippen molar-refractivity contribution < 1.29 is 33.1 Å². The number of rotatable bonds is 53. The van der Waals surface area contributed by atoms with Crippen molar-refractivity contribution in [2.45, 2.75) is 315 Å². The maximum absolute atomic E-state index is 12.5. The Kier molecular flexibility index (Phi) is 50.2. The third kappa shape index (κ3) is 53.8. The SMILES string of the molecule is CCCCCCCCCCCCCCCCCCCCCCCCCCCC(=O)O[C@H](COCCCCCCCCCCCCCCCCCCCCCC)COP(=O)(O)O. The molecule has 0 aliphatic rings. The van der Waals surface area contributed by atoms with E-state index in [2.05, 4.69) is 18.4 Å².